The van der Waals surface area contributed by atoms with E-state index in [1.807, 2.05) is 18.2 Å². The molecule has 106 valence electrons. The van der Waals surface area contributed by atoms with Gasteiger partial charge in [-0.15, -0.1) is 0 Å². The lowest BCUT2D eigenvalue weighted by Crippen LogP contribution is -2.22. The van der Waals surface area contributed by atoms with E-state index in [0.29, 0.717) is 0 Å². The lowest BCUT2D eigenvalue weighted by Gasteiger charge is -2.06. The van der Waals surface area contributed by atoms with Crippen LogP contribution < -0.4 is 5.32 Å². The van der Waals surface area contributed by atoms with Crippen LogP contribution in [0.2, 0.25) is 0 Å². The summed E-state index contributed by atoms with van der Waals surface area (Å²) >= 11 is 0. The van der Waals surface area contributed by atoms with Crippen molar-refractivity contribution in [2.75, 3.05) is 0 Å². The monoisotopic (exact) mass is 287 g/mol. The molecule has 0 radical (unpaired) electrons. The van der Waals surface area contributed by atoms with Crippen LogP contribution >= 0.6 is 0 Å². The van der Waals surface area contributed by atoms with E-state index in [0.717, 1.165) is 28.7 Å². The van der Waals surface area contributed by atoms with Crippen molar-refractivity contribution in [3.63, 3.8) is 0 Å². The smallest absolute Gasteiger partial charge is 0.251 e. The number of benzene rings is 2. The van der Waals surface area contributed by atoms with Gasteiger partial charge in [0.25, 0.3) is 5.91 Å². The van der Waals surface area contributed by atoms with E-state index in [2.05, 4.69) is 15.3 Å². The standard InChI is InChI=1S/C15H11F2N3O/c16-11-3-2-10(6-12(11)17)15(21)18-7-9-1-4-13-14(5-9)20-8-19-13/h1-6,8H,7H2,(H,18,21)(H,19,20). The molecule has 21 heavy (non-hydrogen) atoms. The molecule has 1 aromatic heterocycles. The molecule has 0 bridgehead atoms. The van der Waals surface area contributed by atoms with Gasteiger partial charge in [-0.2, -0.15) is 0 Å². The average molecular weight is 287 g/mol. The second kappa shape index (κ2) is 5.32. The quantitative estimate of drug-likeness (QED) is 0.778. The summed E-state index contributed by atoms with van der Waals surface area (Å²) < 4.78 is 25.9. The molecule has 0 saturated heterocycles. The second-order valence-electron chi connectivity index (χ2n) is 4.57. The Hall–Kier alpha value is -2.76. The molecule has 3 rings (SSSR count). The highest BCUT2D eigenvalue weighted by Crippen LogP contribution is 2.12. The third kappa shape index (κ3) is 2.74. The zero-order valence-electron chi connectivity index (χ0n) is 10.9. The number of imidazole rings is 1. The fourth-order valence-electron chi connectivity index (χ4n) is 2.01. The normalized spacial score (nSPS) is 10.8. The molecule has 0 spiro atoms. The summed E-state index contributed by atoms with van der Waals surface area (Å²) in [5.74, 6) is -2.48. The first kappa shape index (κ1) is 13.2. The summed E-state index contributed by atoms with van der Waals surface area (Å²) in [4.78, 5) is 19.0. The van der Waals surface area contributed by atoms with E-state index in [1.165, 1.54) is 6.07 Å². The van der Waals surface area contributed by atoms with E-state index in [4.69, 9.17) is 0 Å². The molecule has 1 heterocycles. The van der Waals surface area contributed by atoms with Crippen molar-refractivity contribution in [3.8, 4) is 0 Å². The Morgan fingerprint density at radius 2 is 2.00 bits per heavy atom. The Morgan fingerprint density at radius 3 is 2.81 bits per heavy atom. The molecule has 2 aromatic carbocycles. The molecule has 3 aromatic rings. The summed E-state index contributed by atoms with van der Waals surface area (Å²) in [5.41, 5.74) is 2.67. The highest BCUT2D eigenvalue weighted by molar-refractivity contribution is 5.94. The van der Waals surface area contributed by atoms with Crippen LogP contribution in [0.15, 0.2) is 42.7 Å². The van der Waals surface area contributed by atoms with Crippen LogP contribution in [0.25, 0.3) is 11.0 Å². The number of aromatic nitrogens is 2. The predicted molar refractivity (Wildman–Crippen MR) is 73.6 cm³/mol. The highest BCUT2D eigenvalue weighted by Gasteiger charge is 2.09. The van der Waals surface area contributed by atoms with Crippen molar-refractivity contribution >= 4 is 16.9 Å². The molecule has 0 unspecified atom stereocenters. The van der Waals surface area contributed by atoms with Gasteiger partial charge in [0.2, 0.25) is 0 Å². The minimum Gasteiger partial charge on any atom is -0.348 e. The Bertz CT molecular complexity index is 814. The van der Waals surface area contributed by atoms with Crippen LogP contribution in [0.1, 0.15) is 15.9 Å². The zero-order chi connectivity index (χ0) is 14.8. The number of nitrogens with zero attached hydrogens (tertiary/aromatic N) is 1. The number of carbonyl (C=O) groups excluding carboxylic acids is 1. The molecule has 4 nitrogen and oxygen atoms in total. The first-order valence-electron chi connectivity index (χ1n) is 6.29. The van der Waals surface area contributed by atoms with Crippen molar-refractivity contribution in [3.05, 3.63) is 65.5 Å². The van der Waals surface area contributed by atoms with Crippen LogP contribution in [0.4, 0.5) is 8.78 Å². The average Bonchev–Trinajstić information content (AvgIpc) is 2.95. The van der Waals surface area contributed by atoms with Gasteiger partial charge in [-0.05, 0) is 35.9 Å². The van der Waals surface area contributed by atoms with E-state index in [9.17, 15) is 13.6 Å². The van der Waals surface area contributed by atoms with Crippen molar-refractivity contribution in [2.45, 2.75) is 6.54 Å². The summed E-state index contributed by atoms with van der Waals surface area (Å²) in [7, 11) is 0. The molecule has 0 saturated carbocycles. The lowest BCUT2D eigenvalue weighted by molar-refractivity contribution is 0.0950. The van der Waals surface area contributed by atoms with Gasteiger partial charge in [0.15, 0.2) is 11.6 Å². The fourth-order valence-corrected chi connectivity index (χ4v) is 2.01. The number of hydrogen-bond acceptors (Lipinski definition) is 2. The number of aromatic amines is 1. The third-order valence-electron chi connectivity index (χ3n) is 3.12. The molecule has 2 N–H and O–H groups in total. The minimum atomic E-state index is -1.04. The molecule has 6 heteroatoms. The second-order valence-corrected chi connectivity index (χ2v) is 4.57. The molecular weight excluding hydrogens is 276 g/mol. The van der Waals surface area contributed by atoms with Crippen molar-refractivity contribution in [2.24, 2.45) is 0 Å². The maximum absolute atomic E-state index is 13.1. The van der Waals surface area contributed by atoms with Crippen LogP contribution in [0.3, 0.4) is 0 Å². The van der Waals surface area contributed by atoms with E-state index in [-0.39, 0.29) is 12.1 Å². The molecule has 0 aliphatic carbocycles. The predicted octanol–water partition coefficient (Wildman–Crippen LogP) is 2.77. The Balaban J connectivity index is 1.71. The van der Waals surface area contributed by atoms with Crippen molar-refractivity contribution < 1.29 is 13.6 Å². The van der Waals surface area contributed by atoms with Gasteiger partial charge in [0.1, 0.15) is 0 Å². The van der Waals surface area contributed by atoms with Gasteiger partial charge in [-0.1, -0.05) is 6.07 Å². The van der Waals surface area contributed by atoms with Gasteiger partial charge in [-0.3, -0.25) is 4.79 Å². The number of fused-ring (bicyclic) bond motifs is 1. The van der Waals surface area contributed by atoms with Gasteiger partial charge in [-0.25, -0.2) is 13.8 Å². The largest absolute Gasteiger partial charge is 0.348 e. The Kier molecular flexibility index (Phi) is 3.35. The Morgan fingerprint density at radius 1 is 1.14 bits per heavy atom. The number of rotatable bonds is 3. The first-order chi connectivity index (χ1) is 10.1. The maximum atomic E-state index is 13.1. The molecule has 0 aliphatic rings. The number of amides is 1. The molecule has 1 amide bonds. The van der Waals surface area contributed by atoms with E-state index >= 15 is 0 Å². The summed E-state index contributed by atoms with van der Waals surface area (Å²) in [6.45, 7) is 0.285. The van der Waals surface area contributed by atoms with Crippen LogP contribution in [0.5, 0.6) is 0 Å². The molecule has 0 aliphatic heterocycles. The SMILES string of the molecule is O=C(NCc1ccc2nc[nH]c2c1)c1ccc(F)c(F)c1. The van der Waals surface area contributed by atoms with Crippen LogP contribution in [-0.2, 0) is 6.54 Å². The van der Waals surface area contributed by atoms with Crippen molar-refractivity contribution in [1.82, 2.24) is 15.3 Å². The lowest BCUT2D eigenvalue weighted by atomic mass is 10.1. The summed E-state index contributed by atoms with van der Waals surface area (Å²) in [6.07, 6.45) is 1.59. The summed E-state index contributed by atoms with van der Waals surface area (Å²) in [6, 6.07) is 8.60. The van der Waals surface area contributed by atoms with E-state index < -0.39 is 17.5 Å². The molecule has 0 atom stereocenters. The topological polar surface area (TPSA) is 57.8 Å². The molecule has 0 fully saturated rings. The minimum absolute atomic E-state index is 0.0801. The van der Waals surface area contributed by atoms with Gasteiger partial charge < -0.3 is 10.3 Å². The summed E-state index contributed by atoms with van der Waals surface area (Å²) in [5, 5.41) is 2.66. The van der Waals surface area contributed by atoms with Crippen LogP contribution in [0, 0.1) is 11.6 Å². The Labute approximate surface area is 118 Å². The number of halogens is 2. The van der Waals surface area contributed by atoms with E-state index in [1.54, 1.807) is 6.33 Å². The zero-order valence-corrected chi connectivity index (χ0v) is 10.9. The highest BCUT2D eigenvalue weighted by atomic mass is 19.2. The third-order valence-corrected chi connectivity index (χ3v) is 3.12. The number of carbonyl (C=O) groups is 1. The number of hydrogen-bond donors (Lipinski definition) is 2. The number of nitrogens with one attached hydrogen (secondary N) is 2. The fraction of sp³-hybridized carbons (Fsp3) is 0.0667. The van der Waals surface area contributed by atoms with Gasteiger partial charge >= 0.3 is 0 Å². The van der Waals surface area contributed by atoms with Crippen LogP contribution in [-0.4, -0.2) is 15.9 Å². The van der Waals surface area contributed by atoms with Gasteiger partial charge in [0, 0.05) is 12.1 Å². The number of H-pyrrole nitrogens is 1. The van der Waals surface area contributed by atoms with Gasteiger partial charge in [0.05, 0.1) is 17.4 Å². The molecular formula is C15H11F2N3O. The maximum Gasteiger partial charge on any atom is 0.251 e. The first-order valence-corrected chi connectivity index (χ1v) is 6.29. The van der Waals surface area contributed by atoms with Crippen molar-refractivity contribution in [1.29, 1.82) is 0 Å².